The largest absolute Gasteiger partial charge is 0.459 e. The Hall–Kier alpha value is -3.15. The first-order chi connectivity index (χ1) is 12.8. The molecule has 140 valence electrons. The number of hydrogen-bond acceptors (Lipinski definition) is 5. The Kier molecular flexibility index (Phi) is 5.26. The Bertz CT molecular complexity index is 987. The minimum absolute atomic E-state index is 0.104. The Labute approximate surface area is 157 Å². The third-order valence-corrected chi connectivity index (χ3v) is 4.24. The number of amides is 1. The highest BCUT2D eigenvalue weighted by molar-refractivity contribution is 5.95. The second-order valence-corrected chi connectivity index (χ2v) is 6.82. The average Bonchev–Trinajstić information content (AvgIpc) is 2.97. The van der Waals surface area contributed by atoms with E-state index in [0.29, 0.717) is 22.5 Å². The molecule has 1 amide bonds. The molecule has 2 aromatic carbocycles. The maximum absolute atomic E-state index is 12.4. The van der Waals surface area contributed by atoms with Crippen molar-refractivity contribution in [2.24, 2.45) is 0 Å². The van der Waals surface area contributed by atoms with Crippen LogP contribution in [-0.4, -0.2) is 23.1 Å². The maximum Gasteiger partial charge on any atom is 0.338 e. The Morgan fingerprint density at radius 2 is 1.78 bits per heavy atom. The minimum Gasteiger partial charge on any atom is -0.459 e. The first kappa shape index (κ1) is 18.6. The van der Waals surface area contributed by atoms with Crippen LogP contribution >= 0.6 is 0 Å². The molecule has 1 N–H and O–H groups in total. The molecule has 0 aliphatic carbocycles. The van der Waals surface area contributed by atoms with Crippen LogP contribution in [0.1, 0.15) is 41.0 Å². The summed E-state index contributed by atoms with van der Waals surface area (Å²) in [6.07, 6.45) is -0.0753. The van der Waals surface area contributed by atoms with Crippen LogP contribution in [-0.2, 0) is 16.0 Å². The number of ether oxygens (including phenoxy) is 1. The monoisotopic (exact) mass is 366 g/mol. The van der Waals surface area contributed by atoms with Gasteiger partial charge in [0.1, 0.15) is 5.69 Å². The van der Waals surface area contributed by atoms with Crippen LogP contribution in [0.4, 0.5) is 5.69 Å². The first-order valence-corrected chi connectivity index (χ1v) is 8.80. The zero-order valence-corrected chi connectivity index (χ0v) is 15.8. The van der Waals surface area contributed by atoms with Crippen molar-refractivity contribution in [3.05, 3.63) is 58.8 Å². The summed E-state index contributed by atoms with van der Waals surface area (Å²) in [6.45, 7) is 7.60. The zero-order chi connectivity index (χ0) is 19.6. The second kappa shape index (κ2) is 7.61. The number of fused-ring (bicyclic) bond motifs is 1. The van der Waals surface area contributed by atoms with Gasteiger partial charge < -0.3 is 14.6 Å². The number of carbonyl (C=O) groups is 2. The lowest BCUT2D eigenvalue weighted by atomic mass is 10.1. The average molecular weight is 366 g/mol. The molecule has 1 heterocycles. The van der Waals surface area contributed by atoms with Gasteiger partial charge in [0.2, 0.25) is 5.91 Å². The number of carbonyl (C=O) groups excluding carboxylic acids is 2. The molecule has 0 atom stereocenters. The maximum atomic E-state index is 12.4. The van der Waals surface area contributed by atoms with E-state index in [1.165, 1.54) is 0 Å². The fourth-order valence-corrected chi connectivity index (χ4v) is 2.70. The molecule has 6 heteroatoms. The van der Waals surface area contributed by atoms with Gasteiger partial charge in [0, 0.05) is 11.1 Å². The number of anilines is 1. The molecule has 0 saturated heterocycles. The highest BCUT2D eigenvalue weighted by Gasteiger charge is 2.14. The van der Waals surface area contributed by atoms with Gasteiger partial charge in [-0.25, -0.2) is 4.79 Å². The quantitative estimate of drug-likeness (QED) is 0.685. The SMILES string of the molecule is Cc1cc2onc(CC(=O)Nc3ccc(C(=O)OC(C)C)cc3)c2cc1C. The molecule has 0 radical (unpaired) electrons. The molecule has 3 aromatic rings. The van der Waals surface area contributed by atoms with Crippen molar-refractivity contribution in [2.45, 2.75) is 40.2 Å². The lowest BCUT2D eigenvalue weighted by Gasteiger charge is -2.09. The van der Waals surface area contributed by atoms with Crippen LogP contribution in [0, 0.1) is 13.8 Å². The highest BCUT2D eigenvalue weighted by atomic mass is 16.5. The molecular formula is C21H22N2O4. The third-order valence-electron chi connectivity index (χ3n) is 4.24. The molecule has 0 fully saturated rings. The van der Waals surface area contributed by atoms with E-state index in [1.807, 2.05) is 26.0 Å². The van der Waals surface area contributed by atoms with E-state index in [1.54, 1.807) is 38.1 Å². The normalized spacial score (nSPS) is 11.0. The molecule has 0 aliphatic heterocycles. The molecule has 0 aliphatic rings. The number of nitrogens with zero attached hydrogens (tertiary/aromatic N) is 1. The van der Waals surface area contributed by atoms with Crippen LogP contribution in [0.3, 0.4) is 0 Å². The van der Waals surface area contributed by atoms with Crippen molar-refractivity contribution < 1.29 is 18.8 Å². The van der Waals surface area contributed by atoms with Crippen LogP contribution in [0.2, 0.25) is 0 Å². The van der Waals surface area contributed by atoms with Gasteiger partial charge in [0.25, 0.3) is 0 Å². The van der Waals surface area contributed by atoms with Crippen molar-refractivity contribution in [1.82, 2.24) is 5.16 Å². The molecule has 0 unspecified atom stereocenters. The van der Waals surface area contributed by atoms with Crippen LogP contribution in [0.5, 0.6) is 0 Å². The van der Waals surface area contributed by atoms with E-state index in [0.717, 1.165) is 16.5 Å². The third kappa shape index (κ3) is 4.34. The second-order valence-electron chi connectivity index (χ2n) is 6.82. The lowest BCUT2D eigenvalue weighted by molar-refractivity contribution is -0.115. The van der Waals surface area contributed by atoms with Gasteiger partial charge in [-0.15, -0.1) is 0 Å². The summed E-state index contributed by atoms with van der Waals surface area (Å²) in [5, 5.41) is 7.68. The lowest BCUT2D eigenvalue weighted by Crippen LogP contribution is -2.15. The number of nitrogens with one attached hydrogen (secondary N) is 1. The predicted octanol–water partition coefficient (Wildman–Crippen LogP) is 4.19. The predicted molar refractivity (Wildman–Crippen MR) is 103 cm³/mol. The van der Waals surface area contributed by atoms with Crippen LogP contribution < -0.4 is 5.32 Å². The van der Waals surface area contributed by atoms with Gasteiger partial charge in [-0.2, -0.15) is 0 Å². The van der Waals surface area contributed by atoms with Crippen molar-refractivity contribution in [2.75, 3.05) is 5.32 Å². The number of rotatable bonds is 5. The standard InChI is InChI=1S/C21H22N2O4/c1-12(2)26-21(25)15-5-7-16(8-6-15)22-20(24)11-18-17-9-13(3)14(4)10-19(17)27-23-18/h5-10,12H,11H2,1-4H3,(H,22,24). The molecular weight excluding hydrogens is 344 g/mol. The zero-order valence-electron chi connectivity index (χ0n) is 15.8. The molecule has 27 heavy (non-hydrogen) atoms. The van der Waals surface area contributed by atoms with Crippen molar-refractivity contribution in [3.63, 3.8) is 0 Å². The summed E-state index contributed by atoms with van der Waals surface area (Å²) in [5.41, 5.74) is 4.55. The van der Waals surface area contributed by atoms with E-state index in [4.69, 9.17) is 9.26 Å². The van der Waals surface area contributed by atoms with Crippen LogP contribution in [0.15, 0.2) is 40.9 Å². The molecule has 1 aromatic heterocycles. The summed E-state index contributed by atoms with van der Waals surface area (Å²) in [4.78, 5) is 24.2. The van der Waals surface area contributed by atoms with Gasteiger partial charge in [0.05, 0.1) is 18.1 Å². The summed E-state index contributed by atoms with van der Waals surface area (Å²) in [5.74, 6) is -0.594. The van der Waals surface area contributed by atoms with Gasteiger partial charge in [0.15, 0.2) is 5.58 Å². The summed E-state index contributed by atoms with van der Waals surface area (Å²) < 4.78 is 10.5. The molecule has 3 rings (SSSR count). The summed E-state index contributed by atoms with van der Waals surface area (Å²) in [7, 11) is 0. The number of hydrogen-bond donors (Lipinski definition) is 1. The van der Waals surface area contributed by atoms with E-state index in [9.17, 15) is 9.59 Å². The number of aromatic nitrogens is 1. The van der Waals surface area contributed by atoms with Gasteiger partial charge in [-0.3, -0.25) is 4.79 Å². The molecule has 6 nitrogen and oxygen atoms in total. The number of aryl methyl sites for hydroxylation is 2. The smallest absolute Gasteiger partial charge is 0.338 e. The number of benzene rings is 2. The van der Waals surface area contributed by atoms with E-state index in [-0.39, 0.29) is 24.4 Å². The minimum atomic E-state index is -0.386. The summed E-state index contributed by atoms with van der Waals surface area (Å²) >= 11 is 0. The molecule has 0 spiro atoms. The van der Waals surface area contributed by atoms with Gasteiger partial charge in [-0.1, -0.05) is 5.16 Å². The van der Waals surface area contributed by atoms with Crippen molar-refractivity contribution in [1.29, 1.82) is 0 Å². The Morgan fingerprint density at radius 1 is 1.11 bits per heavy atom. The Balaban J connectivity index is 1.68. The molecule has 0 bridgehead atoms. The molecule has 0 saturated carbocycles. The Morgan fingerprint density at radius 3 is 2.44 bits per heavy atom. The topological polar surface area (TPSA) is 81.4 Å². The number of esters is 1. The highest BCUT2D eigenvalue weighted by Crippen LogP contribution is 2.23. The summed E-state index contributed by atoms with van der Waals surface area (Å²) in [6, 6.07) is 10.5. The van der Waals surface area contributed by atoms with E-state index in [2.05, 4.69) is 10.5 Å². The fourth-order valence-electron chi connectivity index (χ4n) is 2.70. The fraction of sp³-hybridized carbons (Fsp3) is 0.286. The van der Waals surface area contributed by atoms with Crippen molar-refractivity contribution >= 4 is 28.5 Å². The van der Waals surface area contributed by atoms with Gasteiger partial charge in [-0.05, 0) is 75.2 Å². The van der Waals surface area contributed by atoms with Crippen LogP contribution in [0.25, 0.3) is 11.0 Å². The van der Waals surface area contributed by atoms with Gasteiger partial charge >= 0.3 is 5.97 Å². The van der Waals surface area contributed by atoms with E-state index >= 15 is 0 Å². The first-order valence-electron chi connectivity index (χ1n) is 8.80. The van der Waals surface area contributed by atoms with Crippen molar-refractivity contribution in [3.8, 4) is 0 Å². The van der Waals surface area contributed by atoms with E-state index < -0.39 is 0 Å².